The van der Waals surface area contributed by atoms with Crippen LogP contribution in [-0.2, 0) is 14.6 Å². The van der Waals surface area contributed by atoms with Gasteiger partial charge in [-0.05, 0) is 37.1 Å². The third-order valence-corrected chi connectivity index (χ3v) is 7.73. The second kappa shape index (κ2) is 7.00. The molecule has 0 spiro atoms. The predicted molar refractivity (Wildman–Crippen MR) is 93.6 cm³/mol. The average molecular weight is 381 g/mol. The molecule has 8 heteroatoms. The van der Waals surface area contributed by atoms with E-state index in [1.807, 2.05) is 0 Å². The number of sulfone groups is 1. The maximum atomic E-state index is 12.6. The van der Waals surface area contributed by atoms with E-state index >= 15 is 0 Å². The lowest BCUT2D eigenvalue weighted by Crippen LogP contribution is -2.50. The van der Waals surface area contributed by atoms with Gasteiger partial charge >= 0.3 is 5.97 Å². The van der Waals surface area contributed by atoms with Crippen molar-refractivity contribution in [2.24, 2.45) is 0 Å². The monoisotopic (exact) mass is 381 g/mol. The van der Waals surface area contributed by atoms with Gasteiger partial charge in [0.1, 0.15) is 0 Å². The molecule has 2 fully saturated rings. The molecule has 3 rings (SSSR count). The normalized spacial score (nSPS) is 20.9. The van der Waals surface area contributed by atoms with Crippen molar-refractivity contribution in [2.75, 3.05) is 13.1 Å². The third kappa shape index (κ3) is 3.48. The van der Waals surface area contributed by atoms with Crippen molar-refractivity contribution < 1.29 is 28.2 Å². The molecule has 0 radical (unpaired) electrons. The first-order valence-corrected chi connectivity index (χ1v) is 10.4. The molecule has 1 heterocycles. The smallest absolute Gasteiger partial charge is 0.335 e. The minimum Gasteiger partial charge on any atom is -0.479 e. The van der Waals surface area contributed by atoms with Crippen LogP contribution in [-0.4, -0.2) is 59.3 Å². The van der Waals surface area contributed by atoms with Crippen LogP contribution >= 0.6 is 0 Å². The summed E-state index contributed by atoms with van der Waals surface area (Å²) in [4.78, 5) is 25.3. The van der Waals surface area contributed by atoms with Crippen LogP contribution in [0.2, 0.25) is 0 Å². The molecule has 0 unspecified atom stereocenters. The van der Waals surface area contributed by atoms with E-state index in [0.717, 1.165) is 12.8 Å². The average Bonchev–Trinajstić information content (AvgIpc) is 3.17. The van der Waals surface area contributed by atoms with Gasteiger partial charge in [0.2, 0.25) is 0 Å². The first-order chi connectivity index (χ1) is 12.2. The summed E-state index contributed by atoms with van der Waals surface area (Å²) in [5, 5.41) is 18.6. The van der Waals surface area contributed by atoms with Crippen LogP contribution < -0.4 is 0 Å². The molecule has 1 aromatic rings. The van der Waals surface area contributed by atoms with E-state index < -0.39 is 21.4 Å². The number of benzene rings is 1. The zero-order valence-corrected chi connectivity index (χ0v) is 15.2. The molecule has 26 heavy (non-hydrogen) atoms. The second-order valence-electron chi connectivity index (χ2n) is 7.10. The topological polar surface area (TPSA) is 112 Å². The summed E-state index contributed by atoms with van der Waals surface area (Å²) in [7, 11) is -3.35. The lowest BCUT2D eigenvalue weighted by atomic mass is 9.91. The molecule has 1 aromatic carbocycles. The highest BCUT2D eigenvalue weighted by atomic mass is 32.2. The van der Waals surface area contributed by atoms with Crippen LogP contribution in [0.15, 0.2) is 29.2 Å². The number of hydrogen-bond donors (Lipinski definition) is 2. The summed E-state index contributed by atoms with van der Waals surface area (Å²) in [6.07, 6.45) is 3.17. The molecular formula is C18H23NO6S. The Morgan fingerprint density at radius 1 is 1.04 bits per heavy atom. The minimum absolute atomic E-state index is 0.0256. The number of piperidine rings is 1. The van der Waals surface area contributed by atoms with Crippen LogP contribution in [0.4, 0.5) is 0 Å². The predicted octanol–water partition coefficient (Wildman–Crippen LogP) is 1.45. The number of nitrogens with zero attached hydrogens (tertiary/aromatic N) is 1. The van der Waals surface area contributed by atoms with E-state index in [1.165, 1.54) is 29.2 Å². The van der Waals surface area contributed by atoms with E-state index in [9.17, 15) is 23.1 Å². The Bertz CT molecular complexity index is 787. The fourth-order valence-corrected chi connectivity index (χ4v) is 5.51. The number of amides is 1. The van der Waals surface area contributed by atoms with Gasteiger partial charge in [0.25, 0.3) is 5.91 Å². The Kier molecular flexibility index (Phi) is 5.07. The lowest BCUT2D eigenvalue weighted by Gasteiger charge is -2.35. The molecule has 1 aliphatic carbocycles. The van der Waals surface area contributed by atoms with Gasteiger partial charge < -0.3 is 15.1 Å². The number of hydrogen-bond acceptors (Lipinski definition) is 5. The van der Waals surface area contributed by atoms with Crippen molar-refractivity contribution >= 4 is 21.7 Å². The van der Waals surface area contributed by atoms with Gasteiger partial charge in [-0.25, -0.2) is 13.2 Å². The van der Waals surface area contributed by atoms with Gasteiger partial charge in [-0.15, -0.1) is 0 Å². The molecule has 0 atom stereocenters. The Morgan fingerprint density at radius 2 is 1.58 bits per heavy atom. The first-order valence-electron chi connectivity index (χ1n) is 8.83. The number of carboxylic acids is 1. The van der Waals surface area contributed by atoms with Gasteiger partial charge in [-0.1, -0.05) is 12.8 Å². The molecule has 2 aliphatic rings. The molecule has 0 aromatic heterocycles. The minimum atomic E-state index is -3.35. The van der Waals surface area contributed by atoms with E-state index in [4.69, 9.17) is 5.11 Å². The van der Waals surface area contributed by atoms with Crippen LogP contribution in [0, 0.1) is 0 Å². The van der Waals surface area contributed by atoms with E-state index in [1.54, 1.807) is 0 Å². The number of carbonyl (C=O) groups is 2. The quantitative estimate of drug-likeness (QED) is 0.816. The molecule has 142 valence electrons. The summed E-state index contributed by atoms with van der Waals surface area (Å²) >= 11 is 0. The number of likely N-dealkylation sites (tertiary alicyclic amines) is 1. The van der Waals surface area contributed by atoms with E-state index in [2.05, 4.69) is 0 Å². The van der Waals surface area contributed by atoms with Gasteiger partial charge in [-0.2, -0.15) is 0 Å². The molecule has 1 aliphatic heterocycles. The fourth-order valence-electron chi connectivity index (χ4n) is 3.65. The Morgan fingerprint density at radius 3 is 2.08 bits per heavy atom. The molecule has 7 nitrogen and oxygen atoms in total. The molecule has 2 N–H and O–H groups in total. The Labute approximate surface area is 152 Å². The fraction of sp³-hybridized carbons (Fsp3) is 0.556. The first kappa shape index (κ1) is 18.8. The van der Waals surface area contributed by atoms with Crippen molar-refractivity contribution in [1.29, 1.82) is 0 Å². The molecule has 1 saturated carbocycles. The van der Waals surface area contributed by atoms with Crippen LogP contribution in [0.25, 0.3) is 0 Å². The number of aliphatic hydroxyl groups is 1. The summed E-state index contributed by atoms with van der Waals surface area (Å²) in [5.41, 5.74) is -1.42. The van der Waals surface area contributed by atoms with Gasteiger partial charge in [0.05, 0.1) is 10.1 Å². The molecule has 0 bridgehead atoms. The number of carboxylic acid groups (broad SMARTS) is 1. The van der Waals surface area contributed by atoms with E-state index in [-0.39, 0.29) is 42.0 Å². The Balaban J connectivity index is 1.69. The zero-order valence-electron chi connectivity index (χ0n) is 14.4. The summed E-state index contributed by atoms with van der Waals surface area (Å²) in [5.74, 6) is -1.56. The molecule has 1 amide bonds. The van der Waals surface area contributed by atoms with Crippen molar-refractivity contribution in [3.63, 3.8) is 0 Å². The maximum Gasteiger partial charge on any atom is 0.335 e. The maximum absolute atomic E-state index is 12.6. The van der Waals surface area contributed by atoms with Crippen LogP contribution in [0.1, 0.15) is 48.9 Å². The van der Waals surface area contributed by atoms with Crippen molar-refractivity contribution in [1.82, 2.24) is 4.90 Å². The highest BCUT2D eigenvalue weighted by Crippen LogP contribution is 2.30. The number of carbonyl (C=O) groups excluding carboxylic acids is 1. The van der Waals surface area contributed by atoms with Crippen molar-refractivity contribution in [3.8, 4) is 0 Å². The lowest BCUT2D eigenvalue weighted by molar-refractivity contribution is -0.162. The van der Waals surface area contributed by atoms with Crippen LogP contribution in [0.3, 0.4) is 0 Å². The molecule has 1 saturated heterocycles. The number of rotatable bonds is 4. The van der Waals surface area contributed by atoms with Gasteiger partial charge in [0.15, 0.2) is 15.4 Å². The van der Waals surface area contributed by atoms with Crippen LogP contribution in [0.5, 0.6) is 0 Å². The standard InChI is InChI=1S/C18H23NO6S/c20-16(19-11-9-18(23,10-12-19)17(21)22)13-5-7-15(8-6-13)26(24,25)14-3-1-2-4-14/h5-8,14,23H,1-4,9-12H2,(H,21,22). The Hall–Kier alpha value is -1.93. The van der Waals surface area contributed by atoms with Gasteiger partial charge in [-0.3, -0.25) is 4.79 Å². The second-order valence-corrected chi connectivity index (χ2v) is 9.33. The van der Waals surface area contributed by atoms with E-state index in [0.29, 0.717) is 18.4 Å². The largest absolute Gasteiger partial charge is 0.479 e. The van der Waals surface area contributed by atoms with Crippen molar-refractivity contribution in [2.45, 2.75) is 54.3 Å². The van der Waals surface area contributed by atoms with Crippen molar-refractivity contribution in [3.05, 3.63) is 29.8 Å². The molecular weight excluding hydrogens is 358 g/mol. The summed E-state index contributed by atoms with van der Waals surface area (Å²) < 4.78 is 25.1. The SMILES string of the molecule is O=C(c1ccc(S(=O)(=O)C2CCCC2)cc1)N1CCC(O)(C(=O)O)CC1. The van der Waals surface area contributed by atoms with Gasteiger partial charge in [0, 0.05) is 31.5 Å². The number of aliphatic carboxylic acids is 1. The highest BCUT2D eigenvalue weighted by molar-refractivity contribution is 7.92. The zero-order chi connectivity index (χ0) is 18.9. The summed E-state index contributed by atoms with van der Waals surface area (Å²) in [6, 6.07) is 5.95. The third-order valence-electron chi connectivity index (χ3n) is 5.45. The highest BCUT2D eigenvalue weighted by Gasteiger charge is 2.40. The summed E-state index contributed by atoms with van der Waals surface area (Å²) in [6.45, 7) is 0.285.